The van der Waals surface area contributed by atoms with E-state index in [4.69, 9.17) is 9.47 Å². The van der Waals surface area contributed by atoms with Gasteiger partial charge in [0.2, 0.25) is 0 Å². The molecule has 1 saturated heterocycles. The summed E-state index contributed by atoms with van der Waals surface area (Å²) >= 11 is 0. The molecule has 234 valence electrons. The average Bonchev–Trinajstić information content (AvgIpc) is 3.53. The lowest BCUT2D eigenvalue weighted by atomic mass is 9.98. The van der Waals surface area contributed by atoms with E-state index < -0.39 is 24.4 Å². The number of hydrogen-bond donors (Lipinski definition) is 4. The van der Waals surface area contributed by atoms with Gasteiger partial charge in [-0.05, 0) is 57.9 Å². The van der Waals surface area contributed by atoms with E-state index in [1.165, 1.54) is 51.4 Å². The quantitative estimate of drug-likeness (QED) is 0.0800. The summed E-state index contributed by atoms with van der Waals surface area (Å²) in [5.41, 5.74) is 0.615. The van der Waals surface area contributed by atoms with Gasteiger partial charge in [-0.2, -0.15) is 0 Å². The van der Waals surface area contributed by atoms with E-state index in [1.807, 2.05) is 13.0 Å². The zero-order valence-electron chi connectivity index (χ0n) is 25.5. The van der Waals surface area contributed by atoms with E-state index in [2.05, 4.69) is 6.92 Å². The molecule has 0 amide bonds. The van der Waals surface area contributed by atoms with Crippen molar-refractivity contribution < 1.29 is 34.7 Å². The normalized spacial score (nSPS) is 24.1. The first-order valence-corrected chi connectivity index (χ1v) is 16.6. The maximum Gasteiger partial charge on any atom is 0.334 e. The van der Waals surface area contributed by atoms with Crippen LogP contribution < -0.4 is 0 Å². The number of esters is 1. The first kappa shape index (κ1) is 35.2. The minimum atomic E-state index is -0.768. The number of rotatable bonds is 24. The lowest BCUT2D eigenvalue weighted by molar-refractivity contribution is -0.139. The van der Waals surface area contributed by atoms with Crippen LogP contribution >= 0.6 is 0 Å². The topological polar surface area (TPSA) is 116 Å². The number of aliphatic hydroxyl groups excluding tert-OH is 4. The summed E-state index contributed by atoms with van der Waals surface area (Å²) in [5.74, 6) is -0.282. The van der Waals surface area contributed by atoms with Crippen molar-refractivity contribution in [1.82, 2.24) is 0 Å². The molecule has 0 saturated carbocycles. The van der Waals surface area contributed by atoms with Crippen LogP contribution in [0.25, 0.3) is 0 Å². The van der Waals surface area contributed by atoms with Crippen molar-refractivity contribution >= 4 is 5.97 Å². The van der Waals surface area contributed by atoms with Crippen molar-refractivity contribution in [2.75, 3.05) is 0 Å². The average molecular weight is 569 g/mol. The summed E-state index contributed by atoms with van der Waals surface area (Å²) in [4.78, 5) is 11.6. The minimum Gasteiger partial charge on any atom is -0.455 e. The molecule has 4 N–H and O–H groups in total. The molecule has 2 aliphatic rings. The molecule has 0 aliphatic carbocycles. The highest BCUT2D eigenvalue weighted by Crippen LogP contribution is 2.28. The van der Waals surface area contributed by atoms with Crippen LogP contribution in [0.2, 0.25) is 0 Å². The van der Waals surface area contributed by atoms with Crippen molar-refractivity contribution in [2.24, 2.45) is 0 Å². The van der Waals surface area contributed by atoms with Gasteiger partial charge in [0.15, 0.2) is 0 Å². The zero-order valence-corrected chi connectivity index (χ0v) is 25.5. The molecule has 0 bridgehead atoms. The van der Waals surface area contributed by atoms with E-state index >= 15 is 0 Å². The fourth-order valence-corrected chi connectivity index (χ4v) is 6.05. The second-order valence-electron chi connectivity index (χ2n) is 12.4. The molecule has 2 rings (SSSR count). The molecule has 7 atom stereocenters. The van der Waals surface area contributed by atoms with Crippen LogP contribution in [0.3, 0.4) is 0 Å². The van der Waals surface area contributed by atoms with Crippen molar-refractivity contribution in [1.29, 1.82) is 0 Å². The van der Waals surface area contributed by atoms with Gasteiger partial charge >= 0.3 is 5.97 Å². The van der Waals surface area contributed by atoms with Crippen molar-refractivity contribution in [3.63, 3.8) is 0 Å². The Balaban J connectivity index is 1.40. The molecule has 7 nitrogen and oxygen atoms in total. The Kier molecular flexibility index (Phi) is 18.3. The minimum absolute atomic E-state index is 0.144. The van der Waals surface area contributed by atoms with Gasteiger partial charge in [0.05, 0.1) is 36.6 Å². The van der Waals surface area contributed by atoms with Gasteiger partial charge in [0.25, 0.3) is 0 Å². The van der Waals surface area contributed by atoms with E-state index in [9.17, 15) is 25.2 Å². The summed E-state index contributed by atoms with van der Waals surface area (Å²) in [6.07, 6.45) is 19.8. The maximum absolute atomic E-state index is 11.6. The third-order valence-corrected chi connectivity index (χ3v) is 8.64. The van der Waals surface area contributed by atoms with Crippen molar-refractivity contribution in [2.45, 2.75) is 191 Å². The van der Waals surface area contributed by atoms with Gasteiger partial charge in [0.1, 0.15) is 6.10 Å². The first-order chi connectivity index (χ1) is 19.3. The summed E-state index contributed by atoms with van der Waals surface area (Å²) in [7, 11) is 0. The number of carbonyl (C=O) groups is 1. The Bertz CT molecular complexity index is 696. The van der Waals surface area contributed by atoms with Crippen LogP contribution in [0, 0.1) is 0 Å². The fraction of sp³-hybridized carbons (Fsp3) is 0.909. The monoisotopic (exact) mass is 568 g/mol. The summed E-state index contributed by atoms with van der Waals surface area (Å²) in [6, 6.07) is 0. The third-order valence-electron chi connectivity index (χ3n) is 8.64. The van der Waals surface area contributed by atoms with Gasteiger partial charge in [-0.3, -0.25) is 0 Å². The highest BCUT2D eigenvalue weighted by Gasteiger charge is 2.31. The Morgan fingerprint density at radius 1 is 0.775 bits per heavy atom. The largest absolute Gasteiger partial charge is 0.455 e. The van der Waals surface area contributed by atoms with E-state index in [-0.39, 0.29) is 24.3 Å². The molecule has 0 unspecified atom stereocenters. The van der Waals surface area contributed by atoms with Crippen LogP contribution in [-0.2, 0) is 14.3 Å². The number of aliphatic hydroxyl groups is 4. The molecule has 0 spiro atoms. The SMILES string of the molecule is CCCCCCC[C@H](O)[C@H](O)CC[C@H](O)[C@@H]1CC[C@@H](CCCCCCCCCC[C@@H](O)CC2=C[C@H](C)OC2=O)O1. The molecule has 2 heterocycles. The van der Waals surface area contributed by atoms with Crippen LogP contribution in [0.5, 0.6) is 0 Å². The highest BCUT2D eigenvalue weighted by molar-refractivity contribution is 5.90. The Hall–Kier alpha value is -0.990. The van der Waals surface area contributed by atoms with Crippen molar-refractivity contribution in [3.05, 3.63) is 11.6 Å². The van der Waals surface area contributed by atoms with Gasteiger partial charge in [-0.1, -0.05) is 90.4 Å². The van der Waals surface area contributed by atoms with Gasteiger partial charge < -0.3 is 29.9 Å². The van der Waals surface area contributed by atoms with Gasteiger partial charge in [0, 0.05) is 12.0 Å². The van der Waals surface area contributed by atoms with Gasteiger partial charge in [-0.25, -0.2) is 4.79 Å². The summed E-state index contributed by atoms with van der Waals surface area (Å²) < 4.78 is 11.2. The molecule has 0 radical (unpaired) electrons. The fourth-order valence-electron chi connectivity index (χ4n) is 6.05. The molecule has 0 aromatic rings. The second kappa shape index (κ2) is 20.8. The Morgan fingerprint density at radius 3 is 2.02 bits per heavy atom. The predicted molar refractivity (Wildman–Crippen MR) is 159 cm³/mol. The predicted octanol–water partition coefficient (Wildman–Crippen LogP) is 6.28. The first-order valence-electron chi connectivity index (χ1n) is 16.6. The lowest BCUT2D eigenvalue weighted by Gasteiger charge is -2.22. The Labute approximate surface area is 243 Å². The number of carbonyl (C=O) groups excluding carboxylic acids is 1. The number of ether oxygens (including phenoxy) is 2. The molecule has 1 fully saturated rings. The second-order valence-corrected chi connectivity index (χ2v) is 12.4. The third kappa shape index (κ3) is 14.8. The van der Waals surface area contributed by atoms with Gasteiger partial charge in [-0.15, -0.1) is 0 Å². The van der Waals surface area contributed by atoms with Crippen LogP contribution in [-0.4, -0.2) is 69.1 Å². The van der Waals surface area contributed by atoms with Crippen LogP contribution in [0.4, 0.5) is 0 Å². The van der Waals surface area contributed by atoms with E-state index in [1.54, 1.807) is 0 Å². The standard InChI is InChI=1S/C33H60O7/c1-3-4-5-10-15-18-29(35)30(36)20-21-31(37)32-22-19-28(40-32)17-14-12-9-7-6-8-11-13-16-27(34)24-26-23-25(2)39-33(26)38/h23,25,27-32,34-37H,3-22,24H2,1-2H3/t25-,27+,28+,29-,30+,31-,32-/m0/s1. The highest BCUT2D eigenvalue weighted by atomic mass is 16.5. The smallest absolute Gasteiger partial charge is 0.334 e. The van der Waals surface area contributed by atoms with Crippen LogP contribution in [0.1, 0.15) is 149 Å². The number of hydrogen-bond acceptors (Lipinski definition) is 7. The molecule has 7 heteroatoms. The molecular weight excluding hydrogens is 508 g/mol. The van der Waals surface area contributed by atoms with Crippen molar-refractivity contribution in [3.8, 4) is 0 Å². The summed E-state index contributed by atoms with van der Waals surface area (Å²) in [6.45, 7) is 4.02. The number of cyclic esters (lactones) is 1. The number of unbranched alkanes of at least 4 members (excludes halogenated alkanes) is 11. The molecule has 2 aliphatic heterocycles. The summed E-state index contributed by atoms with van der Waals surface area (Å²) in [5, 5.41) is 41.2. The molecular formula is C33H60O7. The van der Waals surface area contributed by atoms with Crippen LogP contribution in [0.15, 0.2) is 11.6 Å². The zero-order chi connectivity index (χ0) is 29.2. The molecule has 0 aromatic carbocycles. The lowest BCUT2D eigenvalue weighted by Crippen LogP contribution is -2.31. The van der Waals surface area contributed by atoms with E-state index in [0.717, 1.165) is 57.8 Å². The maximum atomic E-state index is 11.6. The Morgan fingerprint density at radius 2 is 1.38 bits per heavy atom. The molecule has 40 heavy (non-hydrogen) atoms. The van der Waals surface area contributed by atoms with E-state index in [0.29, 0.717) is 31.3 Å². The molecule has 0 aromatic heterocycles.